The van der Waals surface area contributed by atoms with Crippen molar-refractivity contribution >= 4 is 30.5 Å². The molecule has 0 fully saturated rings. The Kier molecular flexibility index (Phi) is 9.73. The number of halogens is 2. The van der Waals surface area contributed by atoms with Gasteiger partial charge in [-0.05, 0) is 17.7 Å². The lowest BCUT2D eigenvalue weighted by Gasteiger charge is -2.13. The van der Waals surface area contributed by atoms with E-state index in [2.05, 4.69) is 62.4 Å². The molecule has 0 aromatic heterocycles. The van der Waals surface area contributed by atoms with Crippen molar-refractivity contribution in [1.82, 2.24) is 5.32 Å². The fourth-order valence-electron chi connectivity index (χ4n) is 1.23. The normalized spacial score (nSPS) is 9.31. The van der Waals surface area contributed by atoms with Crippen LogP contribution in [0.4, 0.5) is 5.69 Å². The molecule has 0 spiro atoms. The summed E-state index contributed by atoms with van der Waals surface area (Å²) >= 11 is 0. The highest BCUT2D eigenvalue weighted by Gasteiger charge is 1.97. The van der Waals surface area contributed by atoms with E-state index in [0.717, 1.165) is 6.54 Å². The number of rotatable bonds is 4. The third-order valence-electron chi connectivity index (χ3n) is 2.17. The molecule has 1 aromatic carbocycles. The van der Waals surface area contributed by atoms with Crippen molar-refractivity contribution in [2.45, 2.75) is 26.4 Å². The third kappa shape index (κ3) is 6.21. The summed E-state index contributed by atoms with van der Waals surface area (Å²) in [5.74, 6) is 0. The Bertz CT molecular complexity index is 271. The van der Waals surface area contributed by atoms with E-state index < -0.39 is 0 Å². The molecule has 2 nitrogen and oxygen atoms in total. The van der Waals surface area contributed by atoms with Crippen LogP contribution in [-0.4, -0.2) is 20.1 Å². The average molecular weight is 265 g/mol. The van der Waals surface area contributed by atoms with Gasteiger partial charge < -0.3 is 10.2 Å². The first-order valence-electron chi connectivity index (χ1n) is 5.09. The molecule has 94 valence electrons. The molecule has 1 aromatic rings. The minimum atomic E-state index is 0. The fraction of sp³-hybridized carbons (Fsp3) is 0.500. The average Bonchev–Trinajstić information content (AvgIpc) is 2.15. The van der Waals surface area contributed by atoms with Crippen LogP contribution in [0.1, 0.15) is 19.4 Å². The van der Waals surface area contributed by atoms with Crippen molar-refractivity contribution in [2.75, 3.05) is 19.0 Å². The van der Waals surface area contributed by atoms with Crippen LogP contribution in [0.15, 0.2) is 24.3 Å². The van der Waals surface area contributed by atoms with Gasteiger partial charge in [0, 0.05) is 32.4 Å². The van der Waals surface area contributed by atoms with Crippen LogP contribution in [0.3, 0.4) is 0 Å². The molecular formula is C12H22Cl2N2. The van der Waals surface area contributed by atoms with Gasteiger partial charge in [-0.25, -0.2) is 0 Å². The molecule has 0 amide bonds. The summed E-state index contributed by atoms with van der Waals surface area (Å²) in [5, 5.41) is 3.40. The van der Waals surface area contributed by atoms with Gasteiger partial charge in [0.15, 0.2) is 0 Å². The Hall–Kier alpha value is -0.440. The highest BCUT2D eigenvalue weighted by Crippen LogP contribution is 2.11. The lowest BCUT2D eigenvalue weighted by Crippen LogP contribution is -2.21. The summed E-state index contributed by atoms with van der Waals surface area (Å²) in [7, 11) is 4.11. The van der Waals surface area contributed by atoms with Crippen LogP contribution in [0.2, 0.25) is 0 Å². The predicted octanol–water partition coefficient (Wildman–Crippen LogP) is 3.09. The molecule has 1 rings (SSSR count). The van der Waals surface area contributed by atoms with Gasteiger partial charge in [-0.2, -0.15) is 0 Å². The molecule has 1 N–H and O–H groups in total. The van der Waals surface area contributed by atoms with E-state index in [1.54, 1.807) is 0 Å². The van der Waals surface area contributed by atoms with Crippen LogP contribution in [0, 0.1) is 0 Å². The quantitative estimate of drug-likeness (QED) is 0.900. The first-order chi connectivity index (χ1) is 6.59. The molecule has 4 heteroatoms. The van der Waals surface area contributed by atoms with Crippen molar-refractivity contribution < 1.29 is 0 Å². The summed E-state index contributed by atoms with van der Waals surface area (Å²) < 4.78 is 0. The van der Waals surface area contributed by atoms with E-state index in [1.807, 2.05) is 0 Å². The van der Waals surface area contributed by atoms with Gasteiger partial charge in [0.2, 0.25) is 0 Å². The van der Waals surface area contributed by atoms with Crippen LogP contribution >= 0.6 is 24.8 Å². The highest BCUT2D eigenvalue weighted by atomic mass is 35.5. The lowest BCUT2D eigenvalue weighted by molar-refractivity contribution is 0.589. The van der Waals surface area contributed by atoms with Crippen LogP contribution in [0.5, 0.6) is 0 Å². The summed E-state index contributed by atoms with van der Waals surface area (Å²) in [6, 6.07) is 9.19. The minimum absolute atomic E-state index is 0. The smallest absolute Gasteiger partial charge is 0.0361 e. The second-order valence-corrected chi connectivity index (χ2v) is 4.10. The van der Waals surface area contributed by atoms with Gasteiger partial charge in [0.1, 0.15) is 0 Å². The standard InChI is InChI=1S/C12H20N2.2ClH/c1-10(2)13-9-11-5-7-12(8-6-11)14(3)4;;/h5-8,10,13H,9H2,1-4H3;2*1H. The monoisotopic (exact) mass is 264 g/mol. The van der Waals surface area contributed by atoms with E-state index in [1.165, 1.54) is 11.3 Å². The minimum Gasteiger partial charge on any atom is -0.378 e. The molecule has 0 atom stereocenters. The SMILES string of the molecule is CC(C)NCc1ccc(N(C)C)cc1.Cl.Cl. The van der Waals surface area contributed by atoms with Gasteiger partial charge in [-0.15, -0.1) is 24.8 Å². The summed E-state index contributed by atoms with van der Waals surface area (Å²) in [5.41, 5.74) is 2.59. The lowest BCUT2D eigenvalue weighted by atomic mass is 10.2. The molecule has 0 bridgehead atoms. The van der Waals surface area contributed by atoms with Gasteiger partial charge >= 0.3 is 0 Å². The third-order valence-corrected chi connectivity index (χ3v) is 2.17. The summed E-state index contributed by atoms with van der Waals surface area (Å²) in [4.78, 5) is 2.11. The van der Waals surface area contributed by atoms with E-state index in [0.29, 0.717) is 6.04 Å². The first-order valence-corrected chi connectivity index (χ1v) is 5.09. The van der Waals surface area contributed by atoms with Crippen molar-refractivity contribution in [1.29, 1.82) is 0 Å². The molecule has 0 heterocycles. The second kappa shape index (κ2) is 8.68. The molecule has 0 aliphatic heterocycles. The molecule has 0 saturated heterocycles. The van der Waals surface area contributed by atoms with Gasteiger partial charge in [-0.1, -0.05) is 26.0 Å². The molecule has 0 saturated carbocycles. The Labute approximate surface area is 111 Å². The maximum absolute atomic E-state index is 3.40. The van der Waals surface area contributed by atoms with Crippen molar-refractivity contribution in [3.8, 4) is 0 Å². The highest BCUT2D eigenvalue weighted by molar-refractivity contribution is 5.85. The second-order valence-electron chi connectivity index (χ2n) is 4.10. The molecule has 0 aliphatic carbocycles. The van der Waals surface area contributed by atoms with E-state index in [-0.39, 0.29) is 24.8 Å². The van der Waals surface area contributed by atoms with Crippen LogP contribution in [0.25, 0.3) is 0 Å². The number of nitrogens with one attached hydrogen (secondary N) is 1. The summed E-state index contributed by atoms with van der Waals surface area (Å²) in [6.07, 6.45) is 0. The molecular weight excluding hydrogens is 243 g/mol. The molecule has 0 unspecified atom stereocenters. The maximum Gasteiger partial charge on any atom is 0.0361 e. The van der Waals surface area contributed by atoms with E-state index in [9.17, 15) is 0 Å². The first kappa shape index (κ1) is 17.9. The van der Waals surface area contributed by atoms with Crippen molar-refractivity contribution in [3.05, 3.63) is 29.8 Å². The van der Waals surface area contributed by atoms with Gasteiger partial charge in [0.25, 0.3) is 0 Å². The zero-order valence-electron chi connectivity index (χ0n) is 10.4. The zero-order chi connectivity index (χ0) is 10.6. The molecule has 16 heavy (non-hydrogen) atoms. The van der Waals surface area contributed by atoms with Crippen LogP contribution < -0.4 is 10.2 Å². The topological polar surface area (TPSA) is 15.3 Å². The predicted molar refractivity (Wildman–Crippen MR) is 77.2 cm³/mol. The number of hydrogen-bond acceptors (Lipinski definition) is 2. The summed E-state index contributed by atoms with van der Waals surface area (Å²) in [6.45, 7) is 5.27. The van der Waals surface area contributed by atoms with Crippen LogP contribution in [-0.2, 0) is 6.54 Å². The Balaban J connectivity index is 0. The van der Waals surface area contributed by atoms with Crippen molar-refractivity contribution in [3.63, 3.8) is 0 Å². The van der Waals surface area contributed by atoms with Crippen molar-refractivity contribution in [2.24, 2.45) is 0 Å². The number of hydrogen-bond donors (Lipinski definition) is 1. The largest absolute Gasteiger partial charge is 0.378 e. The number of nitrogens with zero attached hydrogens (tertiary/aromatic N) is 1. The van der Waals surface area contributed by atoms with Gasteiger partial charge in [0.05, 0.1) is 0 Å². The van der Waals surface area contributed by atoms with E-state index in [4.69, 9.17) is 0 Å². The zero-order valence-corrected chi connectivity index (χ0v) is 12.0. The Morgan fingerprint density at radius 1 is 1.06 bits per heavy atom. The van der Waals surface area contributed by atoms with E-state index >= 15 is 0 Å². The Morgan fingerprint density at radius 3 is 1.94 bits per heavy atom. The Morgan fingerprint density at radius 2 is 1.56 bits per heavy atom. The fourth-order valence-corrected chi connectivity index (χ4v) is 1.23. The maximum atomic E-state index is 3.40. The molecule has 0 radical (unpaired) electrons. The number of benzene rings is 1. The molecule has 0 aliphatic rings. The number of anilines is 1. The van der Waals surface area contributed by atoms with Gasteiger partial charge in [-0.3, -0.25) is 0 Å².